The molecule has 1 N–H and O–H groups in total. The predicted molar refractivity (Wildman–Crippen MR) is 96.6 cm³/mol. The van der Waals surface area contributed by atoms with Gasteiger partial charge in [-0.05, 0) is 29.7 Å². The highest BCUT2D eigenvalue weighted by Gasteiger charge is 2.13. The third kappa shape index (κ3) is 5.54. The summed E-state index contributed by atoms with van der Waals surface area (Å²) < 4.78 is 0. The Morgan fingerprint density at radius 1 is 0.958 bits per heavy atom. The van der Waals surface area contributed by atoms with Crippen LogP contribution in [0.25, 0.3) is 0 Å². The van der Waals surface area contributed by atoms with Crippen molar-refractivity contribution in [3.05, 3.63) is 65.7 Å². The third-order valence-electron chi connectivity index (χ3n) is 3.69. The molecule has 0 unspecified atom stereocenters. The maximum atomic E-state index is 12.6. The van der Waals surface area contributed by atoms with Crippen molar-refractivity contribution in [2.24, 2.45) is 0 Å². The first kappa shape index (κ1) is 17.7. The number of nitrogens with zero attached hydrogens (tertiary/aromatic N) is 1. The van der Waals surface area contributed by atoms with Gasteiger partial charge in [0.1, 0.15) is 0 Å². The summed E-state index contributed by atoms with van der Waals surface area (Å²) in [5.41, 5.74) is 2.83. The van der Waals surface area contributed by atoms with Crippen molar-refractivity contribution in [3.63, 3.8) is 0 Å². The molecule has 0 aromatic heterocycles. The Morgan fingerprint density at radius 3 is 2.21 bits per heavy atom. The molecule has 2 aromatic carbocycles. The molecule has 2 rings (SSSR count). The van der Waals surface area contributed by atoms with Crippen LogP contribution in [0.4, 0.5) is 5.69 Å². The van der Waals surface area contributed by atoms with Crippen molar-refractivity contribution in [2.45, 2.75) is 33.2 Å². The summed E-state index contributed by atoms with van der Waals surface area (Å²) in [5, 5.41) is 2.73. The minimum absolute atomic E-state index is 0.101. The second-order valence-corrected chi connectivity index (χ2v) is 5.86. The van der Waals surface area contributed by atoms with Crippen LogP contribution in [-0.2, 0) is 22.6 Å². The Bertz CT molecular complexity index is 666. The van der Waals surface area contributed by atoms with Crippen LogP contribution in [0.3, 0.4) is 0 Å². The van der Waals surface area contributed by atoms with Crippen molar-refractivity contribution in [3.8, 4) is 0 Å². The Hall–Kier alpha value is -2.62. The van der Waals surface area contributed by atoms with Gasteiger partial charge in [-0.15, -0.1) is 0 Å². The Balaban J connectivity index is 2.00. The van der Waals surface area contributed by atoms with E-state index in [1.54, 1.807) is 0 Å². The van der Waals surface area contributed by atoms with E-state index in [2.05, 4.69) is 12.2 Å². The van der Waals surface area contributed by atoms with Gasteiger partial charge in [0.2, 0.25) is 11.8 Å². The van der Waals surface area contributed by atoms with Gasteiger partial charge in [0.25, 0.3) is 0 Å². The Morgan fingerprint density at radius 2 is 1.62 bits per heavy atom. The minimum atomic E-state index is -0.101. The highest BCUT2D eigenvalue weighted by Crippen LogP contribution is 2.12. The van der Waals surface area contributed by atoms with Gasteiger partial charge in [-0.1, -0.05) is 49.4 Å². The van der Waals surface area contributed by atoms with E-state index in [9.17, 15) is 9.59 Å². The summed E-state index contributed by atoms with van der Waals surface area (Å²) in [6.45, 7) is 4.94. The fourth-order valence-corrected chi connectivity index (χ4v) is 2.56. The SMILES string of the molecule is CCCN(Cc1ccccc1)C(=O)Cc1ccc(NC(C)=O)cc1. The van der Waals surface area contributed by atoms with Crippen molar-refractivity contribution < 1.29 is 9.59 Å². The number of carbonyl (C=O) groups excluding carboxylic acids is 2. The largest absolute Gasteiger partial charge is 0.338 e. The Kier molecular flexibility index (Phi) is 6.55. The topological polar surface area (TPSA) is 49.4 Å². The lowest BCUT2D eigenvalue weighted by atomic mass is 10.1. The van der Waals surface area contributed by atoms with Crippen LogP contribution < -0.4 is 5.32 Å². The summed E-state index contributed by atoms with van der Waals surface area (Å²) in [4.78, 5) is 25.6. The zero-order valence-electron chi connectivity index (χ0n) is 14.3. The molecular formula is C20H24N2O2. The van der Waals surface area contributed by atoms with Crippen LogP contribution in [0.15, 0.2) is 54.6 Å². The summed E-state index contributed by atoms with van der Waals surface area (Å²) in [7, 11) is 0. The van der Waals surface area contributed by atoms with Crippen molar-refractivity contribution >= 4 is 17.5 Å². The molecule has 4 heteroatoms. The van der Waals surface area contributed by atoms with E-state index in [1.165, 1.54) is 6.92 Å². The van der Waals surface area contributed by atoms with Crippen molar-refractivity contribution in [2.75, 3.05) is 11.9 Å². The van der Waals surface area contributed by atoms with Gasteiger partial charge in [0.15, 0.2) is 0 Å². The zero-order valence-corrected chi connectivity index (χ0v) is 14.3. The third-order valence-corrected chi connectivity index (χ3v) is 3.69. The second-order valence-electron chi connectivity index (χ2n) is 5.86. The van der Waals surface area contributed by atoms with E-state index < -0.39 is 0 Å². The molecule has 2 aromatic rings. The number of hydrogen-bond acceptors (Lipinski definition) is 2. The average molecular weight is 324 g/mol. The smallest absolute Gasteiger partial charge is 0.227 e. The zero-order chi connectivity index (χ0) is 17.4. The number of amides is 2. The predicted octanol–water partition coefficient (Wildman–Crippen LogP) is 3.63. The molecule has 2 amide bonds. The van der Waals surface area contributed by atoms with Gasteiger partial charge >= 0.3 is 0 Å². The van der Waals surface area contributed by atoms with Gasteiger partial charge in [-0.2, -0.15) is 0 Å². The first-order valence-corrected chi connectivity index (χ1v) is 8.26. The molecule has 0 fully saturated rings. The van der Waals surface area contributed by atoms with E-state index in [4.69, 9.17) is 0 Å². The monoisotopic (exact) mass is 324 g/mol. The van der Waals surface area contributed by atoms with E-state index in [1.807, 2.05) is 59.5 Å². The normalized spacial score (nSPS) is 10.2. The van der Waals surface area contributed by atoms with Crippen LogP contribution >= 0.6 is 0 Å². The van der Waals surface area contributed by atoms with Crippen molar-refractivity contribution in [1.29, 1.82) is 0 Å². The molecule has 4 nitrogen and oxygen atoms in total. The standard InChI is InChI=1S/C20H24N2O2/c1-3-13-22(15-18-7-5-4-6-8-18)20(24)14-17-9-11-19(12-10-17)21-16(2)23/h4-12H,3,13-15H2,1-2H3,(H,21,23). The van der Waals surface area contributed by atoms with Gasteiger partial charge in [0.05, 0.1) is 6.42 Å². The van der Waals surface area contributed by atoms with Crippen LogP contribution in [-0.4, -0.2) is 23.3 Å². The van der Waals surface area contributed by atoms with Gasteiger partial charge in [-0.25, -0.2) is 0 Å². The van der Waals surface area contributed by atoms with Crippen LogP contribution in [0, 0.1) is 0 Å². The lowest BCUT2D eigenvalue weighted by Gasteiger charge is -2.22. The number of nitrogens with one attached hydrogen (secondary N) is 1. The lowest BCUT2D eigenvalue weighted by Crippen LogP contribution is -2.32. The lowest BCUT2D eigenvalue weighted by molar-refractivity contribution is -0.131. The summed E-state index contributed by atoms with van der Waals surface area (Å²) in [5.74, 6) is 0.0174. The number of carbonyl (C=O) groups is 2. The number of benzene rings is 2. The first-order chi connectivity index (χ1) is 11.6. The van der Waals surface area contributed by atoms with E-state index >= 15 is 0 Å². The summed E-state index contributed by atoms with van der Waals surface area (Å²) in [6.07, 6.45) is 1.30. The molecule has 0 heterocycles. The molecule has 0 aliphatic carbocycles. The highest BCUT2D eigenvalue weighted by molar-refractivity contribution is 5.88. The summed E-state index contributed by atoms with van der Waals surface area (Å²) >= 11 is 0. The van der Waals surface area contributed by atoms with Crippen LogP contribution in [0.5, 0.6) is 0 Å². The highest BCUT2D eigenvalue weighted by atomic mass is 16.2. The van der Waals surface area contributed by atoms with Gasteiger partial charge < -0.3 is 10.2 Å². The maximum absolute atomic E-state index is 12.6. The molecule has 0 saturated heterocycles. The van der Waals surface area contributed by atoms with Gasteiger partial charge in [0, 0.05) is 25.7 Å². The molecule has 0 bridgehead atoms. The maximum Gasteiger partial charge on any atom is 0.227 e. The molecule has 0 atom stereocenters. The van der Waals surface area contributed by atoms with E-state index in [0.717, 1.165) is 29.8 Å². The molecule has 126 valence electrons. The van der Waals surface area contributed by atoms with Crippen LogP contribution in [0.2, 0.25) is 0 Å². The second kappa shape index (κ2) is 8.87. The molecule has 24 heavy (non-hydrogen) atoms. The fraction of sp³-hybridized carbons (Fsp3) is 0.300. The number of hydrogen-bond donors (Lipinski definition) is 1. The fourth-order valence-electron chi connectivity index (χ4n) is 2.56. The van der Waals surface area contributed by atoms with Gasteiger partial charge in [-0.3, -0.25) is 9.59 Å². The molecule has 0 saturated carbocycles. The quantitative estimate of drug-likeness (QED) is 0.845. The van der Waals surface area contributed by atoms with E-state index in [0.29, 0.717) is 13.0 Å². The molecule has 0 aliphatic rings. The van der Waals surface area contributed by atoms with Crippen LogP contribution in [0.1, 0.15) is 31.4 Å². The molecule has 0 spiro atoms. The Labute approximate surface area is 143 Å². The number of rotatable bonds is 7. The molecule has 0 aliphatic heterocycles. The molecular weight excluding hydrogens is 300 g/mol. The minimum Gasteiger partial charge on any atom is -0.338 e. The average Bonchev–Trinajstić information content (AvgIpc) is 2.57. The molecule has 0 radical (unpaired) electrons. The first-order valence-electron chi connectivity index (χ1n) is 8.26. The van der Waals surface area contributed by atoms with E-state index in [-0.39, 0.29) is 11.8 Å². The van der Waals surface area contributed by atoms with Crippen molar-refractivity contribution in [1.82, 2.24) is 4.90 Å². The summed E-state index contributed by atoms with van der Waals surface area (Å²) in [6, 6.07) is 17.5. The number of anilines is 1.